The molecule has 1 fully saturated rings. The van der Waals surface area contributed by atoms with Gasteiger partial charge in [-0.25, -0.2) is 0 Å². The van der Waals surface area contributed by atoms with Crippen LogP contribution in [0.25, 0.3) is 0 Å². The minimum Gasteiger partial charge on any atom is -0.376 e. The zero-order valence-corrected chi connectivity index (χ0v) is 13.1. The van der Waals surface area contributed by atoms with Gasteiger partial charge in [-0.1, -0.05) is 23.7 Å². The van der Waals surface area contributed by atoms with Crippen LogP contribution in [0.4, 0.5) is 0 Å². The molecule has 5 heteroatoms. The summed E-state index contributed by atoms with van der Waals surface area (Å²) in [6.07, 6.45) is 2.19. The third-order valence-corrected chi connectivity index (χ3v) is 3.79. The molecule has 0 aliphatic carbocycles. The zero-order chi connectivity index (χ0) is 15.1. The van der Waals surface area contributed by atoms with E-state index in [0.29, 0.717) is 26.2 Å². The Morgan fingerprint density at radius 2 is 2.14 bits per heavy atom. The average molecular weight is 312 g/mol. The molecule has 0 radical (unpaired) electrons. The summed E-state index contributed by atoms with van der Waals surface area (Å²) in [5, 5.41) is 3.73. The fourth-order valence-corrected chi connectivity index (χ4v) is 2.56. The highest BCUT2D eigenvalue weighted by molar-refractivity contribution is 6.30. The van der Waals surface area contributed by atoms with Crippen molar-refractivity contribution < 1.29 is 14.3 Å². The van der Waals surface area contributed by atoms with Crippen LogP contribution in [-0.2, 0) is 20.7 Å². The van der Waals surface area contributed by atoms with Gasteiger partial charge < -0.3 is 14.8 Å². The molecule has 1 saturated heterocycles. The summed E-state index contributed by atoms with van der Waals surface area (Å²) in [6.45, 7) is 3.68. The second-order valence-corrected chi connectivity index (χ2v) is 5.62. The number of carbonyl (C=O) groups is 1. The molecule has 0 bridgehead atoms. The molecule has 0 aromatic heterocycles. The van der Waals surface area contributed by atoms with Crippen molar-refractivity contribution in [1.29, 1.82) is 0 Å². The maximum absolute atomic E-state index is 11.9. The predicted octanol–water partition coefficient (Wildman–Crippen LogP) is 2.58. The fraction of sp³-hybridized carbons (Fsp3) is 0.562. The monoisotopic (exact) mass is 311 g/mol. The van der Waals surface area contributed by atoms with Gasteiger partial charge in [-0.15, -0.1) is 0 Å². The normalized spacial score (nSPS) is 21.4. The lowest BCUT2D eigenvalue weighted by Gasteiger charge is -2.18. The molecule has 21 heavy (non-hydrogen) atoms. The lowest BCUT2D eigenvalue weighted by molar-refractivity contribution is -0.122. The topological polar surface area (TPSA) is 47.6 Å². The van der Waals surface area contributed by atoms with Crippen molar-refractivity contribution in [2.75, 3.05) is 19.8 Å². The van der Waals surface area contributed by atoms with E-state index in [1.165, 1.54) is 5.56 Å². The van der Waals surface area contributed by atoms with Crippen LogP contribution in [0.2, 0.25) is 5.02 Å². The van der Waals surface area contributed by atoms with Crippen molar-refractivity contribution in [2.24, 2.45) is 0 Å². The molecule has 0 unspecified atom stereocenters. The van der Waals surface area contributed by atoms with E-state index in [9.17, 15) is 4.79 Å². The number of hydrogen-bond donors (Lipinski definition) is 1. The summed E-state index contributed by atoms with van der Waals surface area (Å²) in [4.78, 5) is 11.9. The van der Waals surface area contributed by atoms with Gasteiger partial charge in [0.15, 0.2) is 0 Å². The van der Waals surface area contributed by atoms with Gasteiger partial charge in [0.2, 0.25) is 5.91 Å². The molecule has 1 amide bonds. The predicted molar refractivity (Wildman–Crippen MR) is 82.6 cm³/mol. The lowest BCUT2D eigenvalue weighted by atomic mass is 10.1. The Hall–Kier alpha value is -1.10. The first-order chi connectivity index (χ1) is 10.2. The van der Waals surface area contributed by atoms with Crippen LogP contribution >= 0.6 is 11.6 Å². The molecule has 2 rings (SSSR count). The Balaban J connectivity index is 1.68. The van der Waals surface area contributed by atoms with E-state index in [1.54, 1.807) is 0 Å². The molecule has 1 aliphatic heterocycles. The zero-order valence-electron chi connectivity index (χ0n) is 12.3. The first-order valence-corrected chi connectivity index (χ1v) is 7.80. The van der Waals surface area contributed by atoms with Crippen molar-refractivity contribution in [1.82, 2.24) is 5.32 Å². The summed E-state index contributed by atoms with van der Waals surface area (Å²) in [6, 6.07) is 7.72. The molecule has 2 atom stereocenters. The molecular formula is C16H22ClNO3. The van der Waals surface area contributed by atoms with E-state index in [2.05, 4.69) is 5.32 Å². The number of aryl methyl sites for hydroxylation is 1. The van der Waals surface area contributed by atoms with E-state index >= 15 is 0 Å². The van der Waals surface area contributed by atoms with Gasteiger partial charge in [0.1, 0.15) is 6.10 Å². The third-order valence-electron chi connectivity index (χ3n) is 3.54. The van der Waals surface area contributed by atoms with Gasteiger partial charge in [0.05, 0.1) is 19.3 Å². The van der Waals surface area contributed by atoms with Crippen LogP contribution in [0.3, 0.4) is 0 Å². The number of rotatable bonds is 7. The summed E-state index contributed by atoms with van der Waals surface area (Å²) >= 11 is 5.84. The number of halogens is 1. The van der Waals surface area contributed by atoms with E-state index in [1.807, 2.05) is 31.2 Å². The largest absolute Gasteiger partial charge is 0.376 e. The molecule has 1 N–H and O–H groups in total. The van der Waals surface area contributed by atoms with Gasteiger partial charge in [0, 0.05) is 18.1 Å². The minimum atomic E-state index is -0.0204. The van der Waals surface area contributed by atoms with E-state index in [-0.39, 0.29) is 18.1 Å². The number of ether oxygens (including phenoxy) is 2. The molecule has 1 aliphatic rings. The lowest BCUT2D eigenvalue weighted by Crippen LogP contribution is -2.43. The van der Waals surface area contributed by atoms with Crippen molar-refractivity contribution >= 4 is 17.5 Å². The van der Waals surface area contributed by atoms with Crippen molar-refractivity contribution in [3.63, 3.8) is 0 Å². The molecule has 1 heterocycles. The summed E-state index contributed by atoms with van der Waals surface area (Å²) in [5.41, 5.74) is 1.20. The molecule has 1 aromatic carbocycles. The standard InChI is InChI=1S/C16H22ClNO3/c1-2-21-15-11-20-10-14(15)18-16(19)5-3-4-12-6-8-13(17)9-7-12/h6-9,14-15H,2-5,10-11H2,1H3,(H,18,19)/t14-,15-/m0/s1. The Labute approximate surface area is 130 Å². The Kier molecular flexibility index (Phi) is 6.49. The maximum Gasteiger partial charge on any atom is 0.220 e. The Bertz CT molecular complexity index is 449. The highest BCUT2D eigenvalue weighted by Crippen LogP contribution is 2.13. The number of carbonyl (C=O) groups excluding carboxylic acids is 1. The summed E-state index contributed by atoms with van der Waals surface area (Å²) in [7, 11) is 0. The van der Waals surface area contributed by atoms with Gasteiger partial charge in [-0.3, -0.25) is 4.79 Å². The van der Waals surface area contributed by atoms with Crippen LogP contribution < -0.4 is 5.32 Å². The highest BCUT2D eigenvalue weighted by atomic mass is 35.5. The van der Waals surface area contributed by atoms with E-state index < -0.39 is 0 Å². The quantitative estimate of drug-likeness (QED) is 0.842. The summed E-state index contributed by atoms with van der Waals surface area (Å²) < 4.78 is 10.9. The SMILES string of the molecule is CCO[C@H]1COC[C@@H]1NC(=O)CCCc1ccc(Cl)cc1. The van der Waals surface area contributed by atoms with E-state index in [0.717, 1.165) is 17.9 Å². The second kappa shape index (κ2) is 8.37. The minimum absolute atomic E-state index is 0.0183. The van der Waals surface area contributed by atoms with Gasteiger partial charge in [-0.2, -0.15) is 0 Å². The van der Waals surface area contributed by atoms with Crippen LogP contribution in [0.5, 0.6) is 0 Å². The Morgan fingerprint density at radius 1 is 1.38 bits per heavy atom. The molecule has 0 saturated carbocycles. The van der Waals surface area contributed by atoms with Gasteiger partial charge in [-0.05, 0) is 37.5 Å². The van der Waals surface area contributed by atoms with Crippen LogP contribution in [0, 0.1) is 0 Å². The molecule has 116 valence electrons. The van der Waals surface area contributed by atoms with Crippen LogP contribution in [0.15, 0.2) is 24.3 Å². The number of benzene rings is 1. The van der Waals surface area contributed by atoms with E-state index in [4.69, 9.17) is 21.1 Å². The van der Waals surface area contributed by atoms with Crippen LogP contribution in [-0.4, -0.2) is 37.9 Å². The molecule has 4 nitrogen and oxygen atoms in total. The fourth-order valence-electron chi connectivity index (χ4n) is 2.43. The molecule has 1 aromatic rings. The first kappa shape index (κ1) is 16.3. The Morgan fingerprint density at radius 3 is 2.86 bits per heavy atom. The van der Waals surface area contributed by atoms with Crippen LogP contribution in [0.1, 0.15) is 25.3 Å². The number of amides is 1. The van der Waals surface area contributed by atoms with Gasteiger partial charge in [0.25, 0.3) is 0 Å². The third kappa shape index (κ3) is 5.30. The number of nitrogens with one attached hydrogen (secondary N) is 1. The van der Waals surface area contributed by atoms with Crippen molar-refractivity contribution in [3.8, 4) is 0 Å². The molecule has 0 spiro atoms. The highest BCUT2D eigenvalue weighted by Gasteiger charge is 2.29. The van der Waals surface area contributed by atoms with Gasteiger partial charge >= 0.3 is 0 Å². The maximum atomic E-state index is 11.9. The summed E-state index contributed by atoms with van der Waals surface area (Å²) in [5.74, 6) is 0.0594. The number of hydrogen-bond acceptors (Lipinski definition) is 3. The first-order valence-electron chi connectivity index (χ1n) is 7.42. The van der Waals surface area contributed by atoms with Crippen molar-refractivity contribution in [3.05, 3.63) is 34.9 Å². The molecular weight excluding hydrogens is 290 g/mol. The second-order valence-electron chi connectivity index (χ2n) is 5.19. The van der Waals surface area contributed by atoms with Crippen molar-refractivity contribution in [2.45, 2.75) is 38.3 Å². The smallest absolute Gasteiger partial charge is 0.220 e. The average Bonchev–Trinajstić information content (AvgIpc) is 2.89.